The number of hydrogen-bond donors (Lipinski definition) is 1. The molecule has 1 aliphatic heterocycles. The fraction of sp³-hybridized carbons (Fsp3) is 0.174. The summed E-state index contributed by atoms with van der Waals surface area (Å²) in [5.74, 6) is -0.0342. The third-order valence-electron chi connectivity index (χ3n) is 4.90. The molecule has 1 amide bonds. The summed E-state index contributed by atoms with van der Waals surface area (Å²) in [6.07, 6.45) is 1.04. The van der Waals surface area contributed by atoms with Gasteiger partial charge in [0.2, 0.25) is 0 Å². The third kappa shape index (κ3) is 3.62. The largest absolute Gasteiger partial charge is 0.367 e. The van der Waals surface area contributed by atoms with Crippen molar-refractivity contribution in [1.29, 1.82) is 0 Å². The van der Waals surface area contributed by atoms with Crippen molar-refractivity contribution in [2.45, 2.75) is 19.5 Å². The number of fused-ring (bicyclic) bond motifs is 1. The lowest BCUT2D eigenvalue weighted by Gasteiger charge is -2.31. The molecule has 26 heavy (non-hydrogen) atoms. The Balaban J connectivity index is 1.46. The summed E-state index contributed by atoms with van der Waals surface area (Å²) in [6.45, 7) is 2.42. The zero-order valence-electron chi connectivity index (χ0n) is 14.7. The molecule has 4 rings (SSSR count). The average Bonchev–Trinajstić information content (AvgIpc) is 2.72. The summed E-state index contributed by atoms with van der Waals surface area (Å²) in [6, 6.07) is 26.5. The van der Waals surface area contributed by atoms with Crippen molar-refractivity contribution in [2.75, 3.05) is 11.4 Å². The lowest BCUT2D eigenvalue weighted by Crippen LogP contribution is -2.30. The summed E-state index contributed by atoms with van der Waals surface area (Å²) in [5, 5.41) is 3.00. The van der Waals surface area contributed by atoms with Gasteiger partial charge in [0.25, 0.3) is 5.91 Å². The first-order valence-corrected chi connectivity index (χ1v) is 9.03. The topological polar surface area (TPSA) is 32.3 Å². The molecular formula is C23H22N2O. The van der Waals surface area contributed by atoms with Crippen LogP contribution in [0.15, 0.2) is 78.9 Å². The predicted octanol–water partition coefficient (Wildman–Crippen LogP) is 4.18. The summed E-state index contributed by atoms with van der Waals surface area (Å²) < 4.78 is 0. The second-order valence-corrected chi connectivity index (χ2v) is 6.66. The Labute approximate surface area is 154 Å². The minimum atomic E-state index is -0.0342. The zero-order chi connectivity index (χ0) is 17.8. The van der Waals surface area contributed by atoms with E-state index in [1.54, 1.807) is 0 Å². The van der Waals surface area contributed by atoms with Crippen LogP contribution in [0.25, 0.3) is 0 Å². The molecule has 0 atom stereocenters. The van der Waals surface area contributed by atoms with E-state index in [0.717, 1.165) is 30.8 Å². The minimum Gasteiger partial charge on any atom is -0.367 e. The van der Waals surface area contributed by atoms with Crippen LogP contribution in [0.3, 0.4) is 0 Å². The Morgan fingerprint density at radius 2 is 1.65 bits per heavy atom. The summed E-state index contributed by atoms with van der Waals surface area (Å²) in [5.41, 5.74) is 5.71. The van der Waals surface area contributed by atoms with Gasteiger partial charge in [-0.2, -0.15) is 0 Å². The van der Waals surface area contributed by atoms with Gasteiger partial charge in [-0.3, -0.25) is 4.79 Å². The van der Waals surface area contributed by atoms with Gasteiger partial charge >= 0.3 is 0 Å². The molecule has 0 saturated carbocycles. The molecule has 3 aromatic rings. The Hall–Kier alpha value is -3.07. The van der Waals surface area contributed by atoms with Crippen LogP contribution < -0.4 is 10.2 Å². The average molecular weight is 342 g/mol. The molecule has 3 nitrogen and oxygen atoms in total. The third-order valence-corrected chi connectivity index (χ3v) is 4.90. The van der Waals surface area contributed by atoms with Gasteiger partial charge in [-0.05, 0) is 41.3 Å². The number of nitrogens with one attached hydrogen (secondary N) is 1. The minimum absolute atomic E-state index is 0.0342. The van der Waals surface area contributed by atoms with E-state index in [1.165, 1.54) is 11.1 Å². The van der Waals surface area contributed by atoms with Crippen molar-refractivity contribution in [2.24, 2.45) is 0 Å². The lowest BCUT2D eigenvalue weighted by atomic mass is 9.99. The number of nitrogens with zero attached hydrogens (tertiary/aromatic N) is 1. The number of amides is 1. The monoisotopic (exact) mass is 342 g/mol. The van der Waals surface area contributed by atoms with Gasteiger partial charge in [-0.15, -0.1) is 0 Å². The van der Waals surface area contributed by atoms with Crippen LogP contribution in [0.1, 0.15) is 27.0 Å². The fourth-order valence-electron chi connectivity index (χ4n) is 3.44. The van der Waals surface area contributed by atoms with Gasteiger partial charge in [0, 0.05) is 30.9 Å². The maximum atomic E-state index is 12.5. The van der Waals surface area contributed by atoms with Crippen molar-refractivity contribution < 1.29 is 4.79 Å². The summed E-state index contributed by atoms with van der Waals surface area (Å²) in [7, 11) is 0. The first-order chi connectivity index (χ1) is 12.8. The predicted molar refractivity (Wildman–Crippen MR) is 105 cm³/mol. The van der Waals surface area contributed by atoms with E-state index in [-0.39, 0.29) is 5.91 Å². The molecule has 3 heteroatoms. The van der Waals surface area contributed by atoms with Crippen LogP contribution in [0.5, 0.6) is 0 Å². The second-order valence-electron chi connectivity index (χ2n) is 6.66. The van der Waals surface area contributed by atoms with E-state index in [1.807, 2.05) is 48.5 Å². The van der Waals surface area contributed by atoms with E-state index in [9.17, 15) is 4.79 Å². The molecule has 0 unspecified atom stereocenters. The summed E-state index contributed by atoms with van der Waals surface area (Å²) >= 11 is 0. The van der Waals surface area contributed by atoms with Gasteiger partial charge in [0.15, 0.2) is 0 Å². The molecule has 0 fully saturated rings. The molecule has 0 spiro atoms. The van der Waals surface area contributed by atoms with E-state index in [2.05, 4.69) is 40.5 Å². The molecular weight excluding hydrogens is 320 g/mol. The van der Waals surface area contributed by atoms with Gasteiger partial charge in [-0.25, -0.2) is 0 Å². The number of anilines is 1. The van der Waals surface area contributed by atoms with E-state index in [4.69, 9.17) is 0 Å². The Morgan fingerprint density at radius 1 is 0.885 bits per heavy atom. The Kier molecular flexibility index (Phi) is 4.69. The molecule has 1 aliphatic rings. The maximum absolute atomic E-state index is 12.5. The highest BCUT2D eigenvalue weighted by atomic mass is 16.1. The Bertz CT molecular complexity index is 905. The second kappa shape index (κ2) is 7.44. The zero-order valence-corrected chi connectivity index (χ0v) is 14.7. The van der Waals surface area contributed by atoms with Crippen molar-refractivity contribution in [3.8, 4) is 0 Å². The van der Waals surface area contributed by atoms with E-state index >= 15 is 0 Å². The molecule has 3 aromatic carbocycles. The van der Waals surface area contributed by atoms with E-state index < -0.39 is 0 Å². The molecule has 1 N–H and O–H groups in total. The van der Waals surface area contributed by atoms with Crippen LogP contribution in [-0.2, 0) is 19.5 Å². The normalized spacial score (nSPS) is 13.2. The van der Waals surface area contributed by atoms with Crippen molar-refractivity contribution in [1.82, 2.24) is 5.32 Å². The number of benzene rings is 3. The number of carbonyl (C=O) groups is 1. The quantitative estimate of drug-likeness (QED) is 0.771. The number of hydrogen-bond acceptors (Lipinski definition) is 2. The standard InChI is InChI=1S/C23H22N2O/c26-23(24-16-18-7-2-1-3-8-18)20-11-6-12-22(15-20)25-14-13-19-9-4-5-10-21(19)17-25/h1-12,15H,13-14,16-17H2,(H,24,26). The maximum Gasteiger partial charge on any atom is 0.251 e. The smallest absolute Gasteiger partial charge is 0.251 e. The van der Waals surface area contributed by atoms with Crippen LogP contribution in [-0.4, -0.2) is 12.5 Å². The van der Waals surface area contributed by atoms with Gasteiger partial charge in [0.1, 0.15) is 0 Å². The fourth-order valence-corrected chi connectivity index (χ4v) is 3.44. The van der Waals surface area contributed by atoms with Crippen LogP contribution in [0, 0.1) is 0 Å². The molecule has 0 saturated heterocycles. The highest BCUT2D eigenvalue weighted by Crippen LogP contribution is 2.25. The van der Waals surface area contributed by atoms with Gasteiger partial charge in [-0.1, -0.05) is 60.7 Å². The SMILES string of the molecule is O=C(NCc1ccccc1)c1cccc(N2CCc3ccccc3C2)c1. The van der Waals surface area contributed by atoms with E-state index in [0.29, 0.717) is 12.1 Å². The molecule has 0 aliphatic carbocycles. The highest BCUT2D eigenvalue weighted by molar-refractivity contribution is 5.95. The molecule has 0 radical (unpaired) electrons. The first-order valence-electron chi connectivity index (χ1n) is 9.03. The van der Waals surface area contributed by atoms with Gasteiger partial charge in [0.05, 0.1) is 0 Å². The summed E-state index contributed by atoms with van der Waals surface area (Å²) in [4.78, 5) is 14.9. The van der Waals surface area contributed by atoms with Crippen molar-refractivity contribution in [3.05, 3.63) is 101 Å². The van der Waals surface area contributed by atoms with Crippen LogP contribution >= 0.6 is 0 Å². The van der Waals surface area contributed by atoms with Crippen molar-refractivity contribution in [3.63, 3.8) is 0 Å². The molecule has 0 bridgehead atoms. The molecule has 1 heterocycles. The highest BCUT2D eigenvalue weighted by Gasteiger charge is 2.17. The number of carbonyl (C=O) groups excluding carboxylic acids is 1. The number of rotatable bonds is 4. The van der Waals surface area contributed by atoms with Crippen molar-refractivity contribution >= 4 is 11.6 Å². The lowest BCUT2D eigenvalue weighted by molar-refractivity contribution is 0.0951. The molecule has 0 aromatic heterocycles. The van der Waals surface area contributed by atoms with Gasteiger partial charge < -0.3 is 10.2 Å². The van der Waals surface area contributed by atoms with Crippen LogP contribution in [0.2, 0.25) is 0 Å². The first kappa shape index (κ1) is 16.4. The molecule has 130 valence electrons. The Morgan fingerprint density at radius 3 is 2.50 bits per heavy atom. The van der Waals surface area contributed by atoms with Crippen LogP contribution in [0.4, 0.5) is 5.69 Å².